The summed E-state index contributed by atoms with van der Waals surface area (Å²) in [6, 6.07) is 1.31. The zero-order valence-corrected chi connectivity index (χ0v) is 11.1. The minimum Gasteiger partial charge on any atom is -0.353 e. The Morgan fingerprint density at radius 1 is 1.58 bits per heavy atom. The molecular weight excluding hydrogens is 246 g/mol. The van der Waals surface area contributed by atoms with Gasteiger partial charge in [0.05, 0.1) is 23.4 Å². The summed E-state index contributed by atoms with van der Waals surface area (Å²) < 4.78 is 0. The number of nitrogens with zero attached hydrogens (tertiary/aromatic N) is 2. The lowest BCUT2D eigenvalue weighted by Crippen LogP contribution is -2.32. The lowest BCUT2D eigenvalue weighted by molar-refractivity contribution is -0.384. The third-order valence-electron chi connectivity index (χ3n) is 3.30. The molecular formula is C13H19N3O3. The number of nitro groups is 1. The van der Waals surface area contributed by atoms with E-state index in [9.17, 15) is 14.9 Å². The van der Waals surface area contributed by atoms with Crippen molar-refractivity contribution in [3.8, 4) is 0 Å². The molecule has 0 bridgehead atoms. The highest BCUT2D eigenvalue weighted by Crippen LogP contribution is 2.29. The Labute approximate surface area is 111 Å². The van der Waals surface area contributed by atoms with Gasteiger partial charge in [-0.1, -0.05) is 6.92 Å². The highest BCUT2D eigenvalue weighted by molar-refractivity contribution is 5.96. The van der Waals surface area contributed by atoms with Crippen molar-refractivity contribution < 1.29 is 9.72 Å². The van der Waals surface area contributed by atoms with Gasteiger partial charge in [-0.15, -0.1) is 0 Å². The van der Waals surface area contributed by atoms with E-state index in [1.165, 1.54) is 25.1 Å². The Balaban J connectivity index is 1.94. The van der Waals surface area contributed by atoms with E-state index < -0.39 is 4.92 Å². The van der Waals surface area contributed by atoms with Crippen LogP contribution in [0.1, 0.15) is 36.7 Å². The van der Waals surface area contributed by atoms with Gasteiger partial charge in [0.25, 0.3) is 5.69 Å². The molecule has 1 aliphatic carbocycles. The summed E-state index contributed by atoms with van der Waals surface area (Å²) in [7, 11) is 0. The third-order valence-corrected chi connectivity index (χ3v) is 3.30. The van der Waals surface area contributed by atoms with Crippen molar-refractivity contribution in [1.29, 1.82) is 0 Å². The summed E-state index contributed by atoms with van der Waals surface area (Å²) in [4.78, 5) is 27.0. The molecule has 1 fully saturated rings. The van der Waals surface area contributed by atoms with Gasteiger partial charge in [-0.2, -0.15) is 0 Å². The molecule has 6 nitrogen and oxygen atoms in total. The van der Waals surface area contributed by atoms with E-state index in [2.05, 4.69) is 16.8 Å². The summed E-state index contributed by atoms with van der Waals surface area (Å²) in [6.07, 6.45) is 4.77. The molecule has 0 radical (unpaired) electrons. The number of carbonyl (C=O) groups is 1. The summed E-state index contributed by atoms with van der Waals surface area (Å²) in [5.41, 5.74) is 0.260. The zero-order valence-electron chi connectivity index (χ0n) is 11.1. The zero-order chi connectivity index (χ0) is 13.8. The molecule has 0 spiro atoms. The molecule has 2 rings (SSSR count). The molecule has 1 saturated carbocycles. The highest BCUT2D eigenvalue weighted by atomic mass is 16.6. The molecule has 0 saturated heterocycles. The van der Waals surface area contributed by atoms with Gasteiger partial charge in [0, 0.05) is 12.6 Å². The van der Waals surface area contributed by atoms with Crippen molar-refractivity contribution in [1.82, 2.24) is 9.88 Å². The van der Waals surface area contributed by atoms with Gasteiger partial charge in [0.15, 0.2) is 5.78 Å². The van der Waals surface area contributed by atoms with Crippen molar-refractivity contribution in [2.24, 2.45) is 5.92 Å². The van der Waals surface area contributed by atoms with E-state index >= 15 is 0 Å². The normalized spacial score (nSPS) is 14.8. The number of hydrogen-bond donors (Lipinski definition) is 1. The molecule has 1 aromatic heterocycles. The number of nitrogens with one attached hydrogen (secondary N) is 1. The molecule has 19 heavy (non-hydrogen) atoms. The second kappa shape index (κ2) is 5.97. The fourth-order valence-corrected chi connectivity index (χ4v) is 2.15. The van der Waals surface area contributed by atoms with Gasteiger partial charge >= 0.3 is 0 Å². The number of hydrogen-bond acceptors (Lipinski definition) is 4. The van der Waals surface area contributed by atoms with Crippen molar-refractivity contribution >= 4 is 11.5 Å². The lowest BCUT2D eigenvalue weighted by atomic mass is 10.2. The minimum absolute atomic E-state index is 0.0624. The van der Waals surface area contributed by atoms with Crippen molar-refractivity contribution in [2.45, 2.75) is 26.2 Å². The van der Waals surface area contributed by atoms with Gasteiger partial charge in [-0.25, -0.2) is 0 Å². The number of carbonyl (C=O) groups excluding carboxylic acids is 1. The summed E-state index contributed by atoms with van der Waals surface area (Å²) in [5, 5.41) is 10.6. The molecule has 1 N–H and O–H groups in total. The Hall–Kier alpha value is -1.69. The molecule has 0 aromatic carbocycles. The van der Waals surface area contributed by atoms with Gasteiger partial charge in [0.1, 0.15) is 0 Å². The second-order valence-electron chi connectivity index (χ2n) is 5.13. The molecule has 1 heterocycles. The van der Waals surface area contributed by atoms with Gasteiger partial charge in [0.2, 0.25) is 0 Å². The number of ketones is 1. The van der Waals surface area contributed by atoms with E-state index in [0.29, 0.717) is 12.2 Å². The Bertz CT molecular complexity index is 465. The maximum atomic E-state index is 12.1. The van der Waals surface area contributed by atoms with E-state index in [1.54, 1.807) is 0 Å². The van der Waals surface area contributed by atoms with Gasteiger partial charge < -0.3 is 4.98 Å². The smallest absolute Gasteiger partial charge is 0.287 e. The Kier molecular flexibility index (Phi) is 4.31. The number of rotatable bonds is 8. The van der Waals surface area contributed by atoms with E-state index in [4.69, 9.17) is 0 Å². The maximum Gasteiger partial charge on any atom is 0.287 e. The van der Waals surface area contributed by atoms with Crippen LogP contribution in [0.4, 0.5) is 5.69 Å². The van der Waals surface area contributed by atoms with Crippen LogP contribution in [0.15, 0.2) is 12.3 Å². The van der Waals surface area contributed by atoms with Crippen LogP contribution in [0.5, 0.6) is 0 Å². The van der Waals surface area contributed by atoms with Crippen molar-refractivity contribution in [3.63, 3.8) is 0 Å². The quantitative estimate of drug-likeness (QED) is 0.444. The molecule has 0 unspecified atom stereocenters. The van der Waals surface area contributed by atoms with E-state index in [1.807, 2.05) is 0 Å². The predicted molar refractivity (Wildman–Crippen MR) is 71.2 cm³/mol. The Morgan fingerprint density at radius 2 is 2.32 bits per heavy atom. The first-order chi connectivity index (χ1) is 9.10. The first kappa shape index (κ1) is 13.7. The molecule has 0 aliphatic heterocycles. The van der Waals surface area contributed by atoms with E-state index in [0.717, 1.165) is 25.4 Å². The number of Topliss-reactive ketones (excluding diaryl/α,β-unsaturated/α-hetero) is 1. The summed E-state index contributed by atoms with van der Waals surface area (Å²) in [5.74, 6) is 0.652. The monoisotopic (exact) mass is 265 g/mol. The molecule has 1 aromatic rings. The van der Waals surface area contributed by atoms with Crippen LogP contribution >= 0.6 is 0 Å². The number of H-pyrrole nitrogens is 1. The fourth-order valence-electron chi connectivity index (χ4n) is 2.15. The fraction of sp³-hybridized carbons (Fsp3) is 0.615. The van der Waals surface area contributed by atoms with Gasteiger partial charge in [-0.3, -0.25) is 19.8 Å². The minimum atomic E-state index is -0.499. The topological polar surface area (TPSA) is 79.2 Å². The van der Waals surface area contributed by atoms with Crippen LogP contribution < -0.4 is 0 Å². The maximum absolute atomic E-state index is 12.1. The molecule has 1 aliphatic rings. The number of aromatic nitrogens is 1. The standard InChI is InChI=1S/C13H19N3O3/c1-2-5-15(8-10-3-4-10)9-13(17)12-6-11(7-14-12)16(18)19/h6-7,10,14H,2-5,8-9H2,1H3. The Morgan fingerprint density at radius 3 is 2.84 bits per heavy atom. The van der Waals surface area contributed by atoms with Crippen LogP contribution in [-0.2, 0) is 0 Å². The van der Waals surface area contributed by atoms with Crippen LogP contribution in [0.2, 0.25) is 0 Å². The first-order valence-electron chi connectivity index (χ1n) is 6.68. The average Bonchev–Trinajstić information content (AvgIpc) is 3.02. The van der Waals surface area contributed by atoms with Crippen LogP contribution in [0, 0.1) is 16.0 Å². The number of aromatic amines is 1. The van der Waals surface area contributed by atoms with Crippen LogP contribution in [0.3, 0.4) is 0 Å². The summed E-state index contributed by atoms with van der Waals surface area (Å²) in [6.45, 7) is 4.28. The van der Waals surface area contributed by atoms with Crippen molar-refractivity contribution in [3.05, 3.63) is 28.1 Å². The van der Waals surface area contributed by atoms with Crippen LogP contribution in [0.25, 0.3) is 0 Å². The second-order valence-corrected chi connectivity index (χ2v) is 5.13. The highest BCUT2D eigenvalue weighted by Gasteiger charge is 2.25. The molecule has 104 valence electrons. The molecule has 0 amide bonds. The average molecular weight is 265 g/mol. The van der Waals surface area contributed by atoms with Crippen LogP contribution in [-0.4, -0.2) is 40.2 Å². The van der Waals surface area contributed by atoms with Gasteiger partial charge in [-0.05, 0) is 31.7 Å². The molecule has 0 atom stereocenters. The third kappa shape index (κ3) is 3.89. The predicted octanol–water partition coefficient (Wildman–Crippen LogP) is 2.23. The first-order valence-corrected chi connectivity index (χ1v) is 6.68. The molecule has 6 heteroatoms. The SMILES string of the molecule is CCCN(CC(=O)c1cc([N+](=O)[O-])c[nH]1)CC1CC1. The largest absolute Gasteiger partial charge is 0.353 e. The lowest BCUT2D eigenvalue weighted by Gasteiger charge is -2.20. The van der Waals surface area contributed by atoms with Crippen molar-refractivity contribution in [2.75, 3.05) is 19.6 Å². The van der Waals surface area contributed by atoms with E-state index in [-0.39, 0.29) is 11.5 Å². The summed E-state index contributed by atoms with van der Waals surface area (Å²) >= 11 is 0.